The van der Waals surface area contributed by atoms with Gasteiger partial charge in [0.2, 0.25) is 0 Å². The Bertz CT molecular complexity index is 178. The maximum absolute atomic E-state index is 3.28. The molecule has 1 nitrogen and oxygen atoms in total. The van der Waals surface area contributed by atoms with Gasteiger partial charge < -0.3 is 5.32 Å². The fourth-order valence-corrected chi connectivity index (χ4v) is 1.01. The van der Waals surface area contributed by atoms with Gasteiger partial charge >= 0.3 is 0 Å². The maximum Gasteiger partial charge on any atom is -0.00143 e. The minimum atomic E-state index is 1.06. The Balaban J connectivity index is 3.31. The Kier molecular flexibility index (Phi) is 11.5. The Labute approximate surface area is 88.6 Å². The summed E-state index contributed by atoms with van der Waals surface area (Å²) in [4.78, 5) is 0. The van der Waals surface area contributed by atoms with Gasteiger partial charge in [0.05, 0.1) is 0 Å². The van der Waals surface area contributed by atoms with Crippen molar-refractivity contribution < 1.29 is 0 Å². The predicted octanol–water partition coefficient (Wildman–Crippen LogP) is 3.45. The summed E-state index contributed by atoms with van der Waals surface area (Å²) in [6.07, 6.45) is 16.3. The minimum Gasteiger partial charge on any atom is -0.317 e. The number of rotatable bonds is 8. The average molecular weight is 193 g/mol. The van der Waals surface area contributed by atoms with Crippen LogP contribution in [0.2, 0.25) is 0 Å². The van der Waals surface area contributed by atoms with E-state index in [1.807, 2.05) is 0 Å². The van der Waals surface area contributed by atoms with Crippen LogP contribution in [0.25, 0.3) is 0 Å². The largest absolute Gasteiger partial charge is 0.317 e. The molecule has 0 saturated heterocycles. The molecule has 0 atom stereocenters. The molecule has 0 aliphatic carbocycles. The molecule has 0 radical (unpaired) electrons. The van der Waals surface area contributed by atoms with Crippen molar-refractivity contribution in [2.24, 2.45) is 0 Å². The molecule has 0 saturated carbocycles. The van der Waals surface area contributed by atoms with Crippen molar-refractivity contribution in [1.29, 1.82) is 0 Å². The molecule has 0 unspecified atom stereocenters. The minimum absolute atomic E-state index is 1.06. The lowest BCUT2D eigenvalue weighted by atomic mass is 10.3. The molecule has 0 aromatic heterocycles. The first-order valence-electron chi connectivity index (χ1n) is 5.60. The van der Waals surface area contributed by atoms with Crippen LogP contribution < -0.4 is 5.32 Å². The second-order valence-electron chi connectivity index (χ2n) is 3.17. The van der Waals surface area contributed by atoms with Gasteiger partial charge in [-0.05, 0) is 25.9 Å². The van der Waals surface area contributed by atoms with Gasteiger partial charge in [-0.1, -0.05) is 56.7 Å². The van der Waals surface area contributed by atoms with Gasteiger partial charge in [0.1, 0.15) is 0 Å². The van der Waals surface area contributed by atoms with E-state index in [2.05, 4.69) is 55.6 Å². The molecule has 1 heteroatoms. The molecule has 0 fully saturated rings. The summed E-state index contributed by atoms with van der Waals surface area (Å²) in [6, 6.07) is 0. The molecule has 0 spiro atoms. The molecule has 1 N–H and O–H groups in total. The van der Waals surface area contributed by atoms with Gasteiger partial charge in [0, 0.05) is 0 Å². The first-order chi connectivity index (χ1) is 6.91. The summed E-state index contributed by atoms with van der Waals surface area (Å²) in [5, 5.41) is 3.28. The standard InChI is InChI=1S/C13H23N/c1-3-5-6-7-8-9-10-11-12-13-14-4-2/h6-11,14H,3-5,12-13H2,1-2H3/b7-6-,9-8+,11-10+. The van der Waals surface area contributed by atoms with Crippen molar-refractivity contribution in [2.45, 2.75) is 33.1 Å². The summed E-state index contributed by atoms with van der Waals surface area (Å²) in [7, 11) is 0. The van der Waals surface area contributed by atoms with Crippen LogP contribution >= 0.6 is 0 Å². The lowest BCUT2D eigenvalue weighted by molar-refractivity contribution is 0.726. The van der Waals surface area contributed by atoms with Gasteiger partial charge in [-0.15, -0.1) is 0 Å². The first-order valence-corrected chi connectivity index (χ1v) is 5.60. The summed E-state index contributed by atoms with van der Waals surface area (Å²) >= 11 is 0. The molecule has 0 aromatic carbocycles. The highest BCUT2D eigenvalue weighted by molar-refractivity contribution is 5.10. The average Bonchev–Trinajstić information content (AvgIpc) is 2.21. The Morgan fingerprint density at radius 1 is 0.857 bits per heavy atom. The molecule has 0 bridgehead atoms. The number of allylic oxidation sites excluding steroid dienone is 5. The van der Waals surface area contributed by atoms with Gasteiger partial charge in [0.25, 0.3) is 0 Å². The third kappa shape index (κ3) is 11.2. The van der Waals surface area contributed by atoms with E-state index in [0.717, 1.165) is 19.5 Å². The number of unbranched alkanes of at least 4 members (excludes halogenated alkanes) is 1. The summed E-state index contributed by atoms with van der Waals surface area (Å²) in [6.45, 7) is 6.45. The van der Waals surface area contributed by atoms with E-state index in [1.165, 1.54) is 12.8 Å². The molecule has 14 heavy (non-hydrogen) atoms. The van der Waals surface area contributed by atoms with Crippen molar-refractivity contribution in [3.63, 3.8) is 0 Å². The Morgan fingerprint density at radius 3 is 2.07 bits per heavy atom. The highest BCUT2D eigenvalue weighted by Gasteiger charge is 1.76. The van der Waals surface area contributed by atoms with Crippen LogP contribution in [-0.2, 0) is 0 Å². The normalized spacial score (nSPS) is 12.4. The van der Waals surface area contributed by atoms with Crippen molar-refractivity contribution >= 4 is 0 Å². The van der Waals surface area contributed by atoms with Gasteiger partial charge in [-0.25, -0.2) is 0 Å². The zero-order valence-corrected chi connectivity index (χ0v) is 9.50. The van der Waals surface area contributed by atoms with E-state index in [0.29, 0.717) is 0 Å². The quantitative estimate of drug-likeness (QED) is 0.460. The number of hydrogen-bond acceptors (Lipinski definition) is 1. The number of hydrogen-bond donors (Lipinski definition) is 1. The topological polar surface area (TPSA) is 12.0 Å². The molecule has 0 amide bonds. The van der Waals surface area contributed by atoms with Crippen LogP contribution in [-0.4, -0.2) is 13.1 Å². The smallest absolute Gasteiger partial charge is 0.00143 e. The lowest BCUT2D eigenvalue weighted by Gasteiger charge is -1.93. The highest BCUT2D eigenvalue weighted by Crippen LogP contribution is 1.89. The van der Waals surface area contributed by atoms with E-state index in [4.69, 9.17) is 0 Å². The van der Waals surface area contributed by atoms with Crippen molar-refractivity contribution in [1.82, 2.24) is 5.32 Å². The van der Waals surface area contributed by atoms with Crippen molar-refractivity contribution in [2.75, 3.05) is 13.1 Å². The third-order valence-electron chi connectivity index (χ3n) is 1.80. The molecular formula is C13H23N. The highest BCUT2D eigenvalue weighted by atomic mass is 14.8. The molecule has 0 aromatic rings. The summed E-state index contributed by atoms with van der Waals surface area (Å²) in [5.41, 5.74) is 0. The molecule has 0 rings (SSSR count). The van der Waals surface area contributed by atoms with Crippen LogP contribution in [0.15, 0.2) is 36.5 Å². The second kappa shape index (κ2) is 12.2. The van der Waals surface area contributed by atoms with Crippen molar-refractivity contribution in [3.8, 4) is 0 Å². The van der Waals surface area contributed by atoms with E-state index < -0.39 is 0 Å². The first kappa shape index (κ1) is 13.2. The number of nitrogens with one attached hydrogen (secondary N) is 1. The summed E-state index contributed by atoms with van der Waals surface area (Å²) in [5.74, 6) is 0. The van der Waals surface area contributed by atoms with Crippen LogP contribution in [0.5, 0.6) is 0 Å². The predicted molar refractivity (Wildman–Crippen MR) is 65.5 cm³/mol. The molecular weight excluding hydrogens is 170 g/mol. The Morgan fingerprint density at radius 2 is 1.50 bits per heavy atom. The molecule has 0 aliphatic heterocycles. The second-order valence-corrected chi connectivity index (χ2v) is 3.17. The van der Waals surface area contributed by atoms with E-state index in [-0.39, 0.29) is 0 Å². The van der Waals surface area contributed by atoms with Gasteiger partial charge in [-0.3, -0.25) is 0 Å². The van der Waals surface area contributed by atoms with Gasteiger partial charge in [0.15, 0.2) is 0 Å². The van der Waals surface area contributed by atoms with Crippen molar-refractivity contribution in [3.05, 3.63) is 36.5 Å². The van der Waals surface area contributed by atoms with Crippen LogP contribution in [0.4, 0.5) is 0 Å². The SMILES string of the molecule is CCC\C=C/C=C/C=C/CCNCC. The van der Waals surface area contributed by atoms with Crippen LogP contribution in [0.3, 0.4) is 0 Å². The summed E-state index contributed by atoms with van der Waals surface area (Å²) < 4.78 is 0. The van der Waals surface area contributed by atoms with E-state index in [9.17, 15) is 0 Å². The fourth-order valence-electron chi connectivity index (χ4n) is 1.01. The monoisotopic (exact) mass is 193 g/mol. The fraction of sp³-hybridized carbons (Fsp3) is 0.538. The zero-order chi connectivity index (χ0) is 10.5. The van der Waals surface area contributed by atoms with E-state index >= 15 is 0 Å². The molecule has 0 aliphatic rings. The zero-order valence-electron chi connectivity index (χ0n) is 9.50. The van der Waals surface area contributed by atoms with Crippen LogP contribution in [0, 0.1) is 0 Å². The van der Waals surface area contributed by atoms with E-state index in [1.54, 1.807) is 0 Å². The maximum atomic E-state index is 3.28. The molecule has 80 valence electrons. The van der Waals surface area contributed by atoms with Crippen LogP contribution in [0.1, 0.15) is 33.1 Å². The third-order valence-corrected chi connectivity index (χ3v) is 1.80. The van der Waals surface area contributed by atoms with Gasteiger partial charge in [-0.2, -0.15) is 0 Å². The lowest BCUT2D eigenvalue weighted by Crippen LogP contribution is -2.12. The Hall–Kier alpha value is -0.820. The molecule has 0 heterocycles.